The zero-order chi connectivity index (χ0) is 14.5. The number of hydrogen-bond donors (Lipinski definition) is 0. The van der Waals surface area contributed by atoms with Crippen molar-refractivity contribution >= 4 is 12.2 Å². The lowest BCUT2D eigenvalue weighted by Crippen LogP contribution is -2.28. The van der Waals surface area contributed by atoms with E-state index in [-0.39, 0.29) is 0 Å². The predicted molar refractivity (Wildman–Crippen MR) is 91.0 cm³/mol. The zero-order valence-corrected chi connectivity index (χ0v) is 12.5. The maximum atomic E-state index is 2.38. The Kier molecular flexibility index (Phi) is 4.32. The standard InChI is InChI=1S/C20H21N/c1-21-15-19(12-17-8-4-2-5-9-17)14-20(16-21)13-18-10-6-3-7-11-18/h2-13H,14-16H2,1H3/b19-12-,20-13+. The Hall–Kier alpha value is -2.12. The van der Waals surface area contributed by atoms with Crippen molar-refractivity contribution in [3.8, 4) is 0 Å². The Balaban J connectivity index is 1.82. The molecule has 0 unspecified atom stereocenters. The quantitative estimate of drug-likeness (QED) is 0.780. The Morgan fingerprint density at radius 1 is 0.714 bits per heavy atom. The fourth-order valence-electron chi connectivity index (χ4n) is 2.92. The van der Waals surface area contributed by atoms with Crippen LogP contribution in [0.4, 0.5) is 0 Å². The summed E-state index contributed by atoms with van der Waals surface area (Å²) in [6.45, 7) is 2.11. The predicted octanol–water partition coefficient (Wildman–Crippen LogP) is 4.49. The molecule has 0 amide bonds. The van der Waals surface area contributed by atoms with E-state index in [0.717, 1.165) is 19.5 Å². The number of benzene rings is 2. The molecule has 0 aromatic heterocycles. The molecule has 2 aromatic rings. The van der Waals surface area contributed by atoms with Crippen LogP contribution in [0.1, 0.15) is 17.5 Å². The molecule has 1 nitrogen and oxygen atoms in total. The van der Waals surface area contributed by atoms with Crippen LogP contribution in [0.15, 0.2) is 71.8 Å². The summed E-state index contributed by atoms with van der Waals surface area (Å²) in [5.41, 5.74) is 5.55. The Bertz CT molecular complexity index is 581. The Labute approximate surface area is 127 Å². The first kappa shape index (κ1) is 13.8. The van der Waals surface area contributed by atoms with Gasteiger partial charge in [-0.3, -0.25) is 4.90 Å². The van der Waals surface area contributed by atoms with E-state index in [1.807, 2.05) is 0 Å². The first-order valence-corrected chi connectivity index (χ1v) is 7.47. The number of piperidine rings is 1. The minimum atomic E-state index is 1.06. The minimum Gasteiger partial charge on any atom is -0.298 e. The van der Waals surface area contributed by atoms with Gasteiger partial charge in [0.05, 0.1) is 0 Å². The van der Waals surface area contributed by atoms with Crippen molar-refractivity contribution in [3.63, 3.8) is 0 Å². The molecule has 0 bridgehead atoms. The molecule has 0 aliphatic carbocycles. The van der Waals surface area contributed by atoms with Crippen molar-refractivity contribution in [2.24, 2.45) is 0 Å². The van der Waals surface area contributed by atoms with E-state index in [2.05, 4.69) is 84.8 Å². The summed E-state index contributed by atoms with van der Waals surface area (Å²) < 4.78 is 0. The molecule has 0 N–H and O–H groups in total. The molecule has 1 heteroatoms. The molecule has 1 heterocycles. The van der Waals surface area contributed by atoms with Crippen LogP contribution in [0.25, 0.3) is 12.2 Å². The van der Waals surface area contributed by atoms with Gasteiger partial charge < -0.3 is 0 Å². The van der Waals surface area contributed by atoms with Gasteiger partial charge in [-0.05, 0) is 24.6 Å². The summed E-state index contributed by atoms with van der Waals surface area (Å²) in [5, 5.41) is 0. The van der Waals surface area contributed by atoms with Crippen LogP contribution in [0, 0.1) is 0 Å². The zero-order valence-electron chi connectivity index (χ0n) is 12.5. The summed E-state index contributed by atoms with van der Waals surface area (Å²) in [6.07, 6.45) is 5.73. The average Bonchev–Trinajstić information content (AvgIpc) is 2.48. The molecule has 1 fully saturated rings. The maximum Gasteiger partial charge on any atom is 0.0199 e. The van der Waals surface area contributed by atoms with Crippen molar-refractivity contribution < 1.29 is 0 Å². The van der Waals surface area contributed by atoms with Crippen molar-refractivity contribution in [1.82, 2.24) is 4.90 Å². The van der Waals surface area contributed by atoms with Gasteiger partial charge in [0, 0.05) is 13.1 Å². The van der Waals surface area contributed by atoms with Gasteiger partial charge >= 0.3 is 0 Å². The SMILES string of the molecule is CN1C/C(=C\c2ccccc2)C/C(=C\c2ccccc2)C1. The van der Waals surface area contributed by atoms with Crippen LogP contribution in [-0.4, -0.2) is 25.0 Å². The molecule has 106 valence electrons. The molecule has 2 aromatic carbocycles. The Morgan fingerprint density at radius 2 is 1.14 bits per heavy atom. The van der Waals surface area contributed by atoms with Gasteiger partial charge in [0.1, 0.15) is 0 Å². The number of nitrogens with zero attached hydrogens (tertiary/aromatic N) is 1. The van der Waals surface area contributed by atoms with Crippen LogP contribution in [0.5, 0.6) is 0 Å². The van der Waals surface area contributed by atoms with E-state index in [9.17, 15) is 0 Å². The highest BCUT2D eigenvalue weighted by Crippen LogP contribution is 2.23. The van der Waals surface area contributed by atoms with Crippen LogP contribution < -0.4 is 0 Å². The monoisotopic (exact) mass is 275 g/mol. The second-order valence-corrected chi connectivity index (χ2v) is 5.78. The molecule has 1 aliphatic rings. The summed E-state index contributed by atoms with van der Waals surface area (Å²) in [4.78, 5) is 2.38. The second kappa shape index (κ2) is 6.55. The molecular weight excluding hydrogens is 254 g/mol. The first-order chi connectivity index (χ1) is 10.3. The average molecular weight is 275 g/mol. The number of likely N-dealkylation sites (tertiary alicyclic amines) is 1. The van der Waals surface area contributed by atoms with Gasteiger partial charge in [0.25, 0.3) is 0 Å². The van der Waals surface area contributed by atoms with Gasteiger partial charge in [-0.1, -0.05) is 84.0 Å². The van der Waals surface area contributed by atoms with Crippen molar-refractivity contribution in [2.45, 2.75) is 6.42 Å². The molecule has 0 atom stereocenters. The normalized spacial score (nSPS) is 20.0. The van der Waals surface area contributed by atoms with Crippen molar-refractivity contribution in [1.29, 1.82) is 0 Å². The molecular formula is C20H21N. The largest absolute Gasteiger partial charge is 0.298 e. The van der Waals surface area contributed by atoms with E-state index in [0.29, 0.717) is 0 Å². The third-order valence-corrected chi connectivity index (χ3v) is 3.74. The van der Waals surface area contributed by atoms with Gasteiger partial charge in [0.15, 0.2) is 0 Å². The van der Waals surface area contributed by atoms with E-state index in [1.165, 1.54) is 22.3 Å². The molecule has 1 aliphatic heterocycles. The van der Waals surface area contributed by atoms with E-state index >= 15 is 0 Å². The van der Waals surface area contributed by atoms with E-state index < -0.39 is 0 Å². The van der Waals surface area contributed by atoms with Crippen molar-refractivity contribution in [2.75, 3.05) is 20.1 Å². The maximum absolute atomic E-state index is 2.38. The van der Waals surface area contributed by atoms with E-state index in [4.69, 9.17) is 0 Å². The van der Waals surface area contributed by atoms with Gasteiger partial charge in [-0.25, -0.2) is 0 Å². The van der Waals surface area contributed by atoms with Gasteiger partial charge in [-0.2, -0.15) is 0 Å². The highest BCUT2D eigenvalue weighted by molar-refractivity contribution is 5.59. The summed E-state index contributed by atoms with van der Waals surface area (Å²) in [6, 6.07) is 21.2. The van der Waals surface area contributed by atoms with Gasteiger partial charge in [0.2, 0.25) is 0 Å². The fraction of sp³-hybridized carbons (Fsp3) is 0.200. The molecule has 3 rings (SSSR count). The van der Waals surface area contributed by atoms with Crippen LogP contribution in [-0.2, 0) is 0 Å². The third-order valence-electron chi connectivity index (χ3n) is 3.74. The fourth-order valence-corrected chi connectivity index (χ4v) is 2.92. The molecule has 0 saturated carbocycles. The summed E-state index contributed by atoms with van der Waals surface area (Å²) >= 11 is 0. The molecule has 1 saturated heterocycles. The number of likely N-dealkylation sites (N-methyl/N-ethyl adjacent to an activating group) is 1. The van der Waals surface area contributed by atoms with Crippen LogP contribution in [0.2, 0.25) is 0 Å². The van der Waals surface area contributed by atoms with Crippen molar-refractivity contribution in [3.05, 3.63) is 82.9 Å². The van der Waals surface area contributed by atoms with E-state index in [1.54, 1.807) is 0 Å². The van der Waals surface area contributed by atoms with Gasteiger partial charge in [-0.15, -0.1) is 0 Å². The number of hydrogen-bond acceptors (Lipinski definition) is 1. The highest BCUT2D eigenvalue weighted by atomic mass is 15.1. The molecule has 0 radical (unpaired) electrons. The lowest BCUT2D eigenvalue weighted by molar-refractivity contribution is 0.369. The Morgan fingerprint density at radius 3 is 1.57 bits per heavy atom. The van der Waals surface area contributed by atoms with Crippen LogP contribution >= 0.6 is 0 Å². The summed E-state index contributed by atoms with van der Waals surface area (Å²) in [5.74, 6) is 0. The first-order valence-electron chi connectivity index (χ1n) is 7.47. The second-order valence-electron chi connectivity index (χ2n) is 5.78. The molecule has 21 heavy (non-hydrogen) atoms. The lowest BCUT2D eigenvalue weighted by Gasteiger charge is -2.27. The van der Waals surface area contributed by atoms with Crippen LogP contribution in [0.3, 0.4) is 0 Å². The highest BCUT2D eigenvalue weighted by Gasteiger charge is 2.14. The lowest BCUT2D eigenvalue weighted by atomic mass is 9.96. The topological polar surface area (TPSA) is 3.24 Å². The minimum absolute atomic E-state index is 1.06. The third kappa shape index (κ3) is 3.93. The summed E-state index contributed by atoms with van der Waals surface area (Å²) in [7, 11) is 2.19. The molecule has 0 spiro atoms. The number of rotatable bonds is 2. The smallest absolute Gasteiger partial charge is 0.0199 e.